The highest BCUT2D eigenvalue weighted by Crippen LogP contribution is 2.45. The Bertz CT molecular complexity index is 1580. The molecular weight excluding hydrogens is 488 g/mol. The second-order valence-corrected chi connectivity index (χ2v) is 10.9. The number of fused-ring (bicyclic) bond motifs is 1. The summed E-state index contributed by atoms with van der Waals surface area (Å²) < 4.78 is 2.59. The number of aromatic nitrogens is 5. The van der Waals surface area contributed by atoms with Crippen molar-refractivity contribution in [3.63, 3.8) is 0 Å². The summed E-state index contributed by atoms with van der Waals surface area (Å²) >= 11 is 0. The molecule has 9 nitrogen and oxygen atoms in total. The van der Waals surface area contributed by atoms with E-state index in [1.54, 1.807) is 0 Å². The molecule has 4 aromatic rings. The van der Waals surface area contributed by atoms with Crippen molar-refractivity contribution in [3.05, 3.63) is 77.6 Å². The van der Waals surface area contributed by atoms with Gasteiger partial charge in [0.05, 0.1) is 0 Å². The molecule has 1 fully saturated rings. The van der Waals surface area contributed by atoms with Gasteiger partial charge in [-0.2, -0.15) is 5.21 Å². The van der Waals surface area contributed by atoms with Crippen molar-refractivity contribution in [1.29, 1.82) is 0 Å². The maximum atomic E-state index is 11.4. The molecule has 2 aromatic heterocycles. The highest BCUT2D eigenvalue weighted by molar-refractivity contribution is 5.93. The lowest BCUT2D eigenvalue weighted by molar-refractivity contribution is 0.245. The van der Waals surface area contributed by atoms with Crippen LogP contribution in [-0.2, 0) is 5.41 Å². The molecule has 0 saturated heterocycles. The number of hydrazine groups is 1. The largest absolute Gasteiger partial charge is 0.350 e. The SMILES string of the molecule is Cc1c(C2(C)C=CC=C(NNC(N)=O)C2)c2cc(-c3ccccc3-c3nn[nH]n3)ccc2n1C1CCCCC1. The first-order valence-corrected chi connectivity index (χ1v) is 13.6. The van der Waals surface area contributed by atoms with E-state index in [1.807, 2.05) is 24.3 Å². The molecule has 1 atom stereocenters. The van der Waals surface area contributed by atoms with Gasteiger partial charge in [-0.15, -0.1) is 10.2 Å². The van der Waals surface area contributed by atoms with E-state index in [9.17, 15) is 4.79 Å². The lowest BCUT2D eigenvalue weighted by Crippen LogP contribution is -2.42. The Balaban J connectivity index is 1.51. The monoisotopic (exact) mass is 522 g/mol. The van der Waals surface area contributed by atoms with Crippen molar-refractivity contribution in [3.8, 4) is 22.5 Å². The van der Waals surface area contributed by atoms with Gasteiger partial charge in [0, 0.05) is 45.7 Å². The molecule has 9 heteroatoms. The average Bonchev–Trinajstić information content (AvgIpc) is 3.58. The zero-order valence-electron chi connectivity index (χ0n) is 22.4. The van der Waals surface area contributed by atoms with E-state index in [2.05, 4.69) is 86.3 Å². The number of tetrazole rings is 1. The van der Waals surface area contributed by atoms with Gasteiger partial charge in [0.2, 0.25) is 5.82 Å². The van der Waals surface area contributed by atoms with Gasteiger partial charge in [0.25, 0.3) is 0 Å². The Morgan fingerprint density at radius 1 is 1.13 bits per heavy atom. The number of nitrogens with zero attached hydrogens (tertiary/aromatic N) is 4. The van der Waals surface area contributed by atoms with Crippen LogP contribution in [0.1, 0.15) is 62.7 Å². The fraction of sp³-hybridized carbons (Fsp3) is 0.333. The molecule has 0 radical (unpaired) electrons. The Kier molecular flexibility index (Phi) is 6.42. The Labute approximate surface area is 227 Å². The predicted molar refractivity (Wildman–Crippen MR) is 152 cm³/mol. The van der Waals surface area contributed by atoms with Crippen LogP contribution in [-0.4, -0.2) is 31.2 Å². The Morgan fingerprint density at radius 3 is 2.67 bits per heavy atom. The number of allylic oxidation sites excluding steroid dienone is 4. The van der Waals surface area contributed by atoms with Crippen LogP contribution in [0.4, 0.5) is 4.79 Å². The van der Waals surface area contributed by atoms with Crippen LogP contribution in [0.3, 0.4) is 0 Å². The van der Waals surface area contributed by atoms with Gasteiger partial charge in [0.1, 0.15) is 0 Å². The number of aromatic amines is 1. The number of nitrogens with one attached hydrogen (secondary N) is 3. The molecule has 2 aliphatic rings. The van der Waals surface area contributed by atoms with E-state index in [1.165, 1.54) is 54.3 Å². The molecule has 1 unspecified atom stereocenters. The second-order valence-electron chi connectivity index (χ2n) is 10.9. The minimum atomic E-state index is -0.609. The number of carbonyl (C=O) groups excluding carboxylic acids is 1. The zero-order chi connectivity index (χ0) is 27.0. The lowest BCUT2D eigenvalue weighted by atomic mass is 9.74. The van der Waals surface area contributed by atoms with Gasteiger partial charge < -0.3 is 15.7 Å². The molecular formula is C30H34N8O. The number of nitrogens with two attached hydrogens (primary N) is 1. The molecule has 0 aliphatic heterocycles. The van der Waals surface area contributed by atoms with Crippen LogP contribution < -0.4 is 16.6 Å². The smallest absolute Gasteiger partial charge is 0.330 e. The molecule has 200 valence electrons. The van der Waals surface area contributed by atoms with Crippen LogP contribution in [0.15, 0.2) is 66.4 Å². The van der Waals surface area contributed by atoms with Gasteiger partial charge in [-0.05, 0) is 59.9 Å². The summed E-state index contributed by atoms with van der Waals surface area (Å²) in [6, 6.07) is 14.9. The quantitative estimate of drug-likeness (QED) is 0.246. The third-order valence-electron chi connectivity index (χ3n) is 8.25. The molecule has 2 aliphatic carbocycles. The topological polar surface area (TPSA) is 127 Å². The summed E-state index contributed by atoms with van der Waals surface area (Å²) in [7, 11) is 0. The number of carbonyl (C=O) groups is 1. The molecule has 2 amide bonds. The van der Waals surface area contributed by atoms with Crippen molar-refractivity contribution in [2.45, 2.75) is 63.8 Å². The first-order chi connectivity index (χ1) is 18.9. The third kappa shape index (κ3) is 4.58. The Morgan fingerprint density at radius 2 is 1.92 bits per heavy atom. The molecule has 6 rings (SSSR count). The third-order valence-corrected chi connectivity index (χ3v) is 8.25. The van der Waals surface area contributed by atoms with Crippen molar-refractivity contribution in [2.75, 3.05) is 0 Å². The summed E-state index contributed by atoms with van der Waals surface area (Å²) in [5.74, 6) is 0.576. The Hall–Kier alpha value is -4.40. The highest BCUT2D eigenvalue weighted by Gasteiger charge is 2.34. The summed E-state index contributed by atoms with van der Waals surface area (Å²) in [5, 5.41) is 16.1. The second kappa shape index (κ2) is 10.1. The summed E-state index contributed by atoms with van der Waals surface area (Å²) in [6.45, 7) is 4.54. The fourth-order valence-electron chi connectivity index (χ4n) is 6.64. The van der Waals surface area contributed by atoms with Crippen molar-refractivity contribution >= 4 is 16.9 Å². The molecule has 2 heterocycles. The number of H-pyrrole nitrogens is 1. The normalized spacial score (nSPS) is 19.7. The van der Waals surface area contributed by atoms with E-state index in [0.717, 1.165) is 22.4 Å². The van der Waals surface area contributed by atoms with Gasteiger partial charge in [-0.1, -0.05) is 68.7 Å². The average molecular weight is 523 g/mol. The van der Waals surface area contributed by atoms with Crippen molar-refractivity contribution < 1.29 is 4.79 Å². The van der Waals surface area contributed by atoms with Crippen LogP contribution >= 0.6 is 0 Å². The summed E-state index contributed by atoms with van der Waals surface area (Å²) in [6.07, 6.45) is 13.3. The number of primary amides is 1. The minimum absolute atomic E-state index is 0.287. The van der Waals surface area contributed by atoms with Crippen LogP contribution in [0.5, 0.6) is 0 Å². The van der Waals surface area contributed by atoms with Crippen LogP contribution in [0.2, 0.25) is 0 Å². The number of amides is 2. The first-order valence-electron chi connectivity index (χ1n) is 13.6. The number of hydrogen-bond acceptors (Lipinski definition) is 5. The van der Waals surface area contributed by atoms with Crippen molar-refractivity contribution in [1.82, 2.24) is 36.0 Å². The van der Waals surface area contributed by atoms with Crippen LogP contribution in [0, 0.1) is 6.92 Å². The van der Waals surface area contributed by atoms with Gasteiger partial charge in [-0.3, -0.25) is 5.43 Å². The summed E-state index contributed by atoms with van der Waals surface area (Å²) in [5.41, 5.74) is 18.5. The van der Waals surface area contributed by atoms with E-state index >= 15 is 0 Å². The standard InChI is InChI=1S/C30H34N8O/c1-19-27(30(2)16-8-9-21(18-30)32-35-29(31)39)25-17-20(14-15-26(25)38(19)22-10-4-3-5-11-22)23-12-6-7-13-24(23)28-33-36-37-34-28/h6-9,12-17,22,32H,3-5,10-11,18H2,1-2H3,(H3,31,35,39)(H,33,34,36,37). The predicted octanol–water partition coefficient (Wildman–Crippen LogP) is 5.58. The molecule has 1 saturated carbocycles. The molecule has 0 bridgehead atoms. The van der Waals surface area contributed by atoms with E-state index in [4.69, 9.17) is 5.73 Å². The van der Waals surface area contributed by atoms with Crippen LogP contribution in [0.25, 0.3) is 33.4 Å². The van der Waals surface area contributed by atoms with Crippen molar-refractivity contribution in [2.24, 2.45) is 5.73 Å². The highest BCUT2D eigenvalue weighted by atomic mass is 16.2. The number of hydrogen-bond donors (Lipinski definition) is 4. The molecule has 2 aromatic carbocycles. The number of benzene rings is 2. The van der Waals surface area contributed by atoms with E-state index in [0.29, 0.717) is 18.3 Å². The maximum absolute atomic E-state index is 11.4. The maximum Gasteiger partial charge on any atom is 0.330 e. The number of rotatable bonds is 6. The first kappa shape index (κ1) is 24.9. The zero-order valence-corrected chi connectivity index (χ0v) is 22.4. The van der Waals surface area contributed by atoms with E-state index < -0.39 is 6.03 Å². The van der Waals surface area contributed by atoms with E-state index in [-0.39, 0.29) is 5.41 Å². The molecule has 5 N–H and O–H groups in total. The number of urea groups is 1. The fourth-order valence-corrected chi connectivity index (χ4v) is 6.64. The minimum Gasteiger partial charge on any atom is -0.350 e. The molecule has 39 heavy (non-hydrogen) atoms. The lowest BCUT2D eigenvalue weighted by Gasteiger charge is -2.32. The summed E-state index contributed by atoms with van der Waals surface area (Å²) in [4.78, 5) is 11.4. The molecule has 0 spiro atoms. The van der Waals surface area contributed by atoms with Gasteiger partial charge >= 0.3 is 6.03 Å². The van der Waals surface area contributed by atoms with Gasteiger partial charge in [-0.25, -0.2) is 4.79 Å². The van der Waals surface area contributed by atoms with Gasteiger partial charge in [0.15, 0.2) is 0 Å².